The lowest BCUT2D eigenvalue weighted by Gasteiger charge is -2.51. The summed E-state index contributed by atoms with van der Waals surface area (Å²) in [5.41, 5.74) is 1.19. The predicted octanol–water partition coefficient (Wildman–Crippen LogP) is 3.90. The molecule has 0 aromatic heterocycles. The fraction of sp³-hybridized carbons (Fsp3) is 0.708. The van der Waals surface area contributed by atoms with Gasteiger partial charge in [-0.05, 0) is 71.0 Å². The van der Waals surface area contributed by atoms with E-state index in [4.69, 9.17) is 0 Å². The molecule has 2 aliphatic carbocycles. The van der Waals surface area contributed by atoms with Crippen LogP contribution in [-0.4, -0.2) is 74.0 Å². The molecule has 1 heterocycles. The number of urea groups is 1. The van der Waals surface area contributed by atoms with Gasteiger partial charge in [0, 0.05) is 25.2 Å². The van der Waals surface area contributed by atoms with E-state index in [0.29, 0.717) is 19.0 Å². The van der Waals surface area contributed by atoms with Crippen LogP contribution in [0.5, 0.6) is 0 Å². The van der Waals surface area contributed by atoms with Crippen LogP contribution >= 0.6 is 0 Å². The molecule has 1 saturated heterocycles. The molecular formula is C24H37N3O3S. The molecule has 2 atom stereocenters. The van der Waals surface area contributed by atoms with Crippen LogP contribution < -0.4 is 0 Å². The first-order valence-corrected chi connectivity index (χ1v) is 12.8. The van der Waals surface area contributed by atoms with Gasteiger partial charge in [0.05, 0.1) is 10.8 Å². The zero-order valence-electron chi connectivity index (χ0n) is 19.1. The Morgan fingerprint density at radius 2 is 1.81 bits per heavy atom. The van der Waals surface area contributed by atoms with Gasteiger partial charge in [0.2, 0.25) is 0 Å². The molecule has 2 unspecified atom stereocenters. The van der Waals surface area contributed by atoms with Crippen LogP contribution in [0, 0.1) is 5.92 Å². The Balaban J connectivity index is 1.58. The molecule has 1 spiro atoms. The maximum absolute atomic E-state index is 13.4. The zero-order valence-corrected chi connectivity index (χ0v) is 19.9. The summed E-state index contributed by atoms with van der Waals surface area (Å²) in [7, 11) is 4.34. The van der Waals surface area contributed by atoms with Crippen molar-refractivity contribution in [3.63, 3.8) is 0 Å². The van der Waals surface area contributed by atoms with Crippen molar-refractivity contribution in [1.82, 2.24) is 14.7 Å². The minimum Gasteiger partial charge on any atom is -0.321 e. The van der Waals surface area contributed by atoms with E-state index in [9.17, 15) is 13.6 Å². The second-order valence-corrected chi connectivity index (χ2v) is 11.5. The monoisotopic (exact) mass is 447 g/mol. The standard InChI is InChI=1S/C24H37N3O3S/c1-19(31(29)30)16-26-18-23(27(22(26)28)17-20-8-7-9-20)12-14-24(15-13-23,25(2)3)21-10-5-4-6-11-21/h4-6,10-11,19-20H,7-9,12-18H2,1-3H3,(H,29,30). The Kier molecular flexibility index (Phi) is 6.48. The molecule has 1 aromatic rings. The molecule has 31 heavy (non-hydrogen) atoms. The highest BCUT2D eigenvalue weighted by molar-refractivity contribution is 7.79. The Labute approximate surface area is 189 Å². The summed E-state index contributed by atoms with van der Waals surface area (Å²) in [5.74, 6) is 0.611. The molecule has 4 rings (SSSR count). The van der Waals surface area contributed by atoms with Gasteiger partial charge in [0.25, 0.3) is 0 Å². The second-order valence-electron chi connectivity index (χ2n) is 10.2. The molecule has 3 fully saturated rings. The van der Waals surface area contributed by atoms with Gasteiger partial charge in [-0.2, -0.15) is 0 Å². The van der Waals surface area contributed by atoms with E-state index >= 15 is 0 Å². The van der Waals surface area contributed by atoms with E-state index in [0.717, 1.165) is 32.2 Å². The summed E-state index contributed by atoms with van der Waals surface area (Å²) in [6, 6.07) is 10.8. The van der Waals surface area contributed by atoms with Gasteiger partial charge >= 0.3 is 6.03 Å². The molecular weight excluding hydrogens is 410 g/mol. The second kappa shape index (κ2) is 8.83. The molecule has 1 aliphatic heterocycles. The Bertz CT molecular complexity index is 804. The average Bonchev–Trinajstić information content (AvgIpc) is 2.96. The number of hydrogen-bond donors (Lipinski definition) is 1. The number of carbonyl (C=O) groups is 1. The van der Waals surface area contributed by atoms with Gasteiger partial charge in [-0.3, -0.25) is 4.90 Å². The van der Waals surface area contributed by atoms with Gasteiger partial charge in [-0.1, -0.05) is 36.8 Å². The lowest BCUT2D eigenvalue weighted by atomic mass is 9.68. The third kappa shape index (κ3) is 4.16. The van der Waals surface area contributed by atoms with E-state index in [-0.39, 0.29) is 17.1 Å². The van der Waals surface area contributed by atoms with Crippen molar-refractivity contribution in [2.45, 2.75) is 68.2 Å². The van der Waals surface area contributed by atoms with Crippen molar-refractivity contribution in [2.75, 3.05) is 33.7 Å². The average molecular weight is 448 g/mol. The highest BCUT2D eigenvalue weighted by Gasteiger charge is 2.55. The van der Waals surface area contributed by atoms with E-state index in [1.54, 1.807) is 6.92 Å². The molecule has 0 radical (unpaired) electrons. The van der Waals surface area contributed by atoms with E-state index in [1.165, 1.54) is 24.8 Å². The molecule has 2 amide bonds. The fourth-order valence-electron chi connectivity index (χ4n) is 5.90. The largest absolute Gasteiger partial charge is 0.321 e. The number of hydrogen-bond acceptors (Lipinski definition) is 3. The first-order chi connectivity index (χ1) is 14.8. The molecule has 1 N–H and O–H groups in total. The van der Waals surface area contributed by atoms with E-state index in [2.05, 4.69) is 54.2 Å². The summed E-state index contributed by atoms with van der Waals surface area (Å²) in [4.78, 5) is 19.8. The van der Waals surface area contributed by atoms with Crippen LogP contribution in [0.25, 0.3) is 0 Å². The Morgan fingerprint density at radius 3 is 2.32 bits per heavy atom. The third-order valence-electron chi connectivity index (χ3n) is 8.22. The maximum Gasteiger partial charge on any atom is 0.320 e. The number of carbonyl (C=O) groups excluding carboxylic acids is 1. The van der Waals surface area contributed by atoms with Crippen molar-refractivity contribution < 1.29 is 13.6 Å². The van der Waals surface area contributed by atoms with Crippen molar-refractivity contribution in [3.8, 4) is 0 Å². The lowest BCUT2D eigenvalue weighted by molar-refractivity contribution is 0.0160. The fourth-order valence-corrected chi connectivity index (χ4v) is 6.21. The van der Waals surface area contributed by atoms with Crippen molar-refractivity contribution >= 4 is 17.1 Å². The Morgan fingerprint density at radius 1 is 1.16 bits per heavy atom. The van der Waals surface area contributed by atoms with Crippen molar-refractivity contribution in [2.24, 2.45) is 5.92 Å². The van der Waals surface area contributed by atoms with Crippen LogP contribution in [0.2, 0.25) is 0 Å². The SMILES string of the molecule is CC(CN1CC2(CCC(c3ccccc3)(N(C)C)CC2)N(CC2CCC2)C1=O)S(=O)O. The molecule has 172 valence electrons. The van der Waals surface area contributed by atoms with E-state index < -0.39 is 16.3 Å². The van der Waals surface area contributed by atoms with Gasteiger partial charge < -0.3 is 14.4 Å². The van der Waals surface area contributed by atoms with Gasteiger partial charge in [-0.25, -0.2) is 9.00 Å². The minimum atomic E-state index is -1.91. The minimum absolute atomic E-state index is 0.00892. The summed E-state index contributed by atoms with van der Waals surface area (Å²) >= 11 is -1.91. The molecule has 6 nitrogen and oxygen atoms in total. The summed E-state index contributed by atoms with van der Waals surface area (Å²) in [6.45, 7) is 3.62. The van der Waals surface area contributed by atoms with Crippen LogP contribution in [0.15, 0.2) is 30.3 Å². The van der Waals surface area contributed by atoms with Crippen molar-refractivity contribution in [1.29, 1.82) is 0 Å². The molecule has 3 aliphatic rings. The van der Waals surface area contributed by atoms with Gasteiger partial charge in [0.15, 0.2) is 11.1 Å². The topological polar surface area (TPSA) is 64.1 Å². The summed E-state index contributed by atoms with van der Waals surface area (Å²) in [6.07, 6.45) is 7.63. The van der Waals surface area contributed by atoms with Crippen LogP contribution in [0.3, 0.4) is 0 Å². The highest BCUT2D eigenvalue weighted by Crippen LogP contribution is 2.49. The van der Waals surface area contributed by atoms with Crippen molar-refractivity contribution in [3.05, 3.63) is 35.9 Å². The quantitative estimate of drug-likeness (QED) is 0.644. The first-order valence-electron chi connectivity index (χ1n) is 11.7. The van der Waals surface area contributed by atoms with Gasteiger partial charge in [-0.15, -0.1) is 0 Å². The van der Waals surface area contributed by atoms with Crippen LogP contribution in [0.1, 0.15) is 57.4 Å². The summed E-state index contributed by atoms with van der Waals surface area (Å²) in [5, 5.41) is -0.432. The molecule has 0 bridgehead atoms. The van der Waals surface area contributed by atoms with Gasteiger partial charge in [0.1, 0.15) is 0 Å². The molecule has 7 heteroatoms. The predicted molar refractivity (Wildman–Crippen MR) is 124 cm³/mol. The molecule has 1 aromatic carbocycles. The smallest absolute Gasteiger partial charge is 0.320 e. The normalized spacial score (nSPS) is 31.3. The van der Waals surface area contributed by atoms with E-state index in [1.807, 2.05) is 4.90 Å². The number of rotatable bonds is 7. The number of nitrogens with zero attached hydrogens (tertiary/aromatic N) is 3. The lowest BCUT2D eigenvalue weighted by Crippen LogP contribution is -2.56. The highest BCUT2D eigenvalue weighted by atomic mass is 32.2. The Hall–Kier alpha value is -1.44. The number of benzene rings is 1. The van der Waals surface area contributed by atoms with Crippen LogP contribution in [-0.2, 0) is 16.6 Å². The number of amides is 2. The summed E-state index contributed by atoms with van der Waals surface area (Å²) < 4.78 is 21.0. The third-order valence-corrected chi connectivity index (χ3v) is 9.06. The zero-order chi connectivity index (χ0) is 22.2. The molecule has 2 saturated carbocycles. The van der Waals surface area contributed by atoms with Crippen LogP contribution in [0.4, 0.5) is 4.79 Å². The first kappa shape index (κ1) is 22.7. The maximum atomic E-state index is 13.4.